The van der Waals surface area contributed by atoms with Crippen molar-refractivity contribution in [1.29, 1.82) is 0 Å². The van der Waals surface area contributed by atoms with E-state index in [0.29, 0.717) is 18.5 Å². The Morgan fingerprint density at radius 3 is 2.56 bits per heavy atom. The number of carbonyl (C=O) groups is 1. The zero-order chi connectivity index (χ0) is 13.8. The molecule has 1 aromatic rings. The standard InChI is InChI=1S/C14H20FNO2/c1-14(2,3)16-8-7-12(17)10-5-6-13(18-4)11(15)9-10/h5-6,9,16H,7-8H2,1-4H3. The molecule has 0 aliphatic heterocycles. The fraction of sp³-hybridized carbons (Fsp3) is 0.500. The van der Waals surface area contributed by atoms with E-state index in [2.05, 4.69) is 5.32 Å². The summed E-state index contributed by atoms with van der Waals surface area (Å²) in [6.45, 7) is 6.68. The smallest absolute Gasteiger partial charge is 0.165 e. The van der Waals surface area contributed by atoms with Crippen LogP contribution in [0.5, 0.6) is 5.75 Å². The minimum absolute atomic E-state index is 0.0224. The number of ketones is 1. The molecule has 0 unspecified atom stereocenters. The van der Waals surface area contributed by atoms with Gasteiger partial charge in [-0.05, 0) is 39.0 Å². The average Bonchev–Trinajstić information content (AvgIpc) is 2.27. The molecule has 0 bridgehead atoms. The maximum absolute atomic E-state index is 13.4. The molecule has 0 heterocycles. The molecular weight excluding hydrogens is 233 g/mol. The Balaban J connectivity index is 2.59. The predicted molar refractivity (Wildman–Crippen MR) is 69.7 cm³/mol. The molecule has 1 aromatic carbocycles. The van der Waals surface area contributed by atoms with Crippen molar-refractivity contribution in [3.8, 4) is 5.75 Å². The minimum Gasteiger partial charge on any atom is -0.494 e. The molecular formula is C14H20FNO2. The van der Waals surface area contributed by atoms with Gasteiger partial charge in [-0.1, -0.05) is 0 Å². The van der Waals surface area contributed by atoms with Crippen LogP contribution in [-0.2, 0) is 0 Å². The molecule has 0 fully saturated rings. The molecule has 3 nitrogen and oxygen atoms in total. The Morgan fingerprint density at radius 1 is 1.39 bits per heavy atom. The molecule has 0 radical (unpaired) electrons. The molecule has 0 saturated heterocycles. The van der Waals surface area contributed by atoms with Crippen LogP contribution in [-0.4, -0.2) is 25.0 Å². The van der Waals surface area contributed by atoms with Gasteiger partial charge in [0.15, 0.2) is 17.3 Å². The maximum atomic E-state index is 13.4. The number of benzene rings is 1. The van der Waals surface area contributed by atoms with Crippen molar-refractivity contribution >= 4 is 5.78 Å². The molecule has 0 aromatic heterocycles. The van der Waals surface area contributed by atoms with Crippen molar-refractivity contribution in [3.05, 3.63) is 29.6 Å². The summed E-state index contributed by atoms with van der Waals surface area (Å²) in [5.41, 5.74) is 0.356. The van der Waals surface area contributed by atoms with Gasteiger partial charge in [0, 0.05) is 24.1 Å². The van der Waals surface area contributed by atoms with Gasteiger partial charge in [-0.15, -0.1) is 0 Å². The highest BCUT2D eigenvalue weighted by atomic mass is 19.1. The lowest BCUT2D eigenvalue weighted by atomic mass is 10.1. The number of carbonyl (C=O) groups excluding carboxylic acids is 1. The molecule has 0 aliphatic carbocycles. The van der Waals surface area contributed by atoms with Crippen LogP contribution >= 0.6 is 0 Å². The van der Waals surface area contributed by atoms with E-state index in [-0.39, 0.29) is 17.1 Å². The highest BCUT2D eigenvalue weighted by Crippen LogP contribution is 2.18. The second kappa shape index (κ2) is 5.96. The van der Waals surface area contributed by atoms with Crippen molar-refractivity contribution in [3.63, 3.8) is 0 Å². The van der Waals surface area contributed by atoms with Crippen LogP contribution in [0.3, 0.4) is 0 Å². The first-order chi connectivity index (χ1) is 8.33. The van der Waals surface area contributed by atoms with Crippen LogP contribution in [0.4, 0.5) is 4.39 Å². The Bertz CT molecular complexity index is 424. The number of ether oxygens (including phenoxy) is 1. The highest BCUT2D eigenvalue weighted by molar-refractivity contribution is 5.96. The number of rotatable bonds is 5. The summed E-state index contributed by atoms with van der Waals surface area (Å²) in [4.78, 5) is 11.8. The fourth-order valence-electron chi connectivity index (χ4n) is 1.54. The summed E-state index contributed by atoms with van der Waals surface area (Å²) in [7, 11) is 1.40. The van der Waals surface area contributed by atoms with Crippen molar-refractivity contribution < 1.29 is 13.9 Å². The molecule has 0 atom stereocenters. The summed E-state index contributed by atoms with van der Waals surface area (Å²) < 4.78 is 18.2. The molecule has 1 rings (SSSR count). The first kappa shape index (κ1) is 14.6. The van der Waals surface area contributed by atoms with E-state index in [1.807, 2.05) is 20.8 Å². The van der Waals surface area contributed by atoms with Crippen molar-refractivity contribution in [1.82, 2.24) is 5.32 Å². The average molecular weight is 253 g/mol. The third-order valence-electron chi connectivity index (χ3n) is 2.48. The predicted octanol–water partition coefficient (Wildman–Crippen LogP) is 2.80. The second-order valence-electron chi connectivity index (χ2n) is 5.20. The summed E-state index contributed by atoms with van der Waals surface area (Å²) >= 11 is 0. The lowest BCUT2D eigenvalue weighted by Crippen LogP contribution is -2.37. The van der Waals surface area contributed by atoms with Crippen LogP contribution in [0.2, 0.25) is 0 Å². The number of halogens is 1. The second-order valence-corrected chi connectivity index (χ2v) is 5.20. The topological polar surface area (TPSA) is 38.3 Å². The molecule has 4 heteroatoms. The van der Waals surface area contributed by atoms with E-state index < -0.39 is 5.82 Å². The van der Waals surface area contributed by atoms with Crippen LogP contribution < -0.4 is 10.1 Å². The molecule has 18 heavy (non-hydrogen) atoms. The van der Waals surface area contributed by atoms with Crippen molar-refractivity contribution in [2.75, 3.05) is 13.7 Å². The summed E-state index contributed by atoms with van der Waals surface area (Å²) in [6, 6.07) is 4.28. The molecule has 100 valence electrons. The van der Waals surface area contributed by atoms with E-state index in [9.17, 15) is 9.18 Å². The minimum atomic E-state index is -0.507. The highest BCUT2D eigenvalue weighted by Gasteiger charge is 2.12. The molecule has 0 saturated carbocycles. The van der Waals surface area contributed by atoms with Crippen LogP contribution in [0.15, 0.2) is 18.2 Å². The SMILES string of the molecule is COc1ccc(C(=O)CCNC(C)(C)C)cc1F. The molecule has 0 amide bonds. The third-order valence-corrected chi connectivity index (χ3v) is 2.48. The van der Waals surface area contributed by atoms with Crippen molar-refractivity contribution in [2.45, 2.75) is 32.7 Å². The van der Waals surface area contributed by atoms with Crippen LogP contribution in [0.1, 0.15) is 37.6 Å². The molecule has 1 N–H and O–H groups in total. The Hall–Kier alpha value is -1.42. The van der Waals surface area contributed by atoms with Gasteiger partial charge in [-0.2, -0.15) is 0 Å². The van der Waals surface area contributed by atoms with Crippen LogP contribution in [0.25, 0.3) is 0 Å². The lowest BCUT2D eigenvalue weighted by Gasteiger charge is -2.20. The van der Waals surface area contributed by atoms with Gasteiger partial charge >= 0.3 is 0 Å². The van der Waals surface area contributed by atoms with E-state index in [4.69, 9.17) is 4.74 Å². The largest absolute Gasteiger partial charge is 0.494 e. The van der Waals surface area contributed by atoms with E-state index >= 15 is 0 Å². The van der Waals surface area contributed by atoms with E-state index in [1.54, 1.807) is 6.07 Å². The van der Waals surface area contributed by atoms with Crippen LogP contribution in [0, 0.1) is 5.82 Å². The van der Waals surface area contributed by atoms with Gasteiger partial charge in [0.05, 0.1) is 7.11 Å². The fourth-order valence-corrected chi connectivity index (χ4v) is 1.54. The van der Waals surface area contributed by atoms with Gasteiger partial charge in [-0.3, -0.25) is 4.79 Å². The Labute approximate surface area is 107 Å². The zero-order valence-electron chi connectivity index (χ0n) is 11.3. The third kappa shape index (κ3) is 4.45. The number of Topliss-reactive ketones (excluding diaryl/α,β-unsaturated/α-hetero) is 1. The number of methoxy groups -OCH3 is 1. The Morgan fingerprint density at radius 2 is 2.06 bits per heavy atom. The number of hydrogen-bond donors (Lipinski definition) is 1. The molecule has 0 spiro atoms. The lowest BCUT2D eigenvalue weighted by molar-refractivity contribution is 0.0980. The monoisotopic (exact) mass is 253 g/mol. The summed E-state index contributed by atoms with van der Waals surface area (Å²) in [5.74, 6) is -0.431. The number of hydrogen-bond acceptors (Lipinski definition) is 3. The zero-order valence-corrected chi connectivity index (χ0v) is 11.3. The van der Waals surface area contributed by atoms with E-state index in [0.717, 1.165) is 0 Å². The van der Waals surface area contributed by atoms with Gasteiger partial charge < -0.3 is 10.1 Å². The summed E-state index contributed by atoms with van der Waals surface area (Å²) in [5, 5.41) is 3.22. The first-order valence-corrected chi connectivity index (χ1v) is 5.95. The van der Waals surface area contributed by atoms with Gasteiger partial charge in [0.1, 0.15) is 0 Å². The first-order valence-electron chi connectivity index (χ1n) is 5.95. The maximum Gasteiger partial charge on any atom is 0.165 e. The van der Waals surface area contributed by atoms with Gasteiger partial charge in [-0.25, -0.2) is 4.39 Å². The number of nitrogens with one attached hydrogen (secondary N) is 1. The quantitative estimate of drug-likeness (QED) is 0.820. The van der Waals surface area contributed by atoms with Gasteiger partial charge in [0.2, 0.25) is 0 Å². The van der Waals surface area contributed by atoms with E-state index in [1.165, 1.54) is 19.2 Å². The normalized spacial score (nSPS) is 11.4. The summed E-state index contributed by atoms with van der Waals surface area (Å²) in [6.07, 6.45) is 0.350. The molecule has 0 aliphatic rings. The van der Waals surface area contributed by atoms with Crippen molar-refractivity contribution in [2.24, 2.45) is 0 Å². The van der Waals surface area contributed by atoms with Gasteiger partial charge in [0.25, 0.3) is 0 Å². The Kier molecular flexibility index (Phi) is 4.84.